The summed E-state index contributed by atoms with van der Waals surface area (Å²) in [4.78, 5) is 2.62. The van der Waals surface area contributed by atoms with Gasteiger partial charge in [0.15, 0.2) is 0 Å². The molecule has 118 valence electrons. The van der Waals surface area contributed by atoms with Crippen molar-refractivity contribution >= 4 is 0 Å². The molecule has 1 N–H and O–H groups in total. The summed E-state index contributed by atoms with van der Waals surface area (Å²) in [6.07, 6.45) is 6.93. The average Bonchev–Trinajstić information content (AvgIpc) is 2.34. The fraction of sp³-hybridized carbons (Fsp3) is 1.00. The quantitative estimate of drug-likeness (QED) is 0.839. The molecule has 0 heterocycles. The highest BCUT2D eigenvalue weighted by molar-refractivity contribution is 4.99. The molecule has 0 radical (unpaired) electrons. The summed E-state index contributed by atoms with van der Waals surface area (Å²) in [5, 5.41) is 10.1. The van der Waals surface area contributed by atoms with E-state index in [9.17, 15) is 5.11 Å². The van der Waals surface area contributed by atoms with Crippen molar-refractivity contribution in [2.75, 3.05) is 7.05 Å². The Morgan fingerprint density at radius 3 is 2.30 bits per heavy atom. The van der Waals surface area contributed by atoms with Gasteiger partial charge in [0.1, 0.15) is 0 Å². The van der Waals surface area contributed by atoms with Crippen LogP contribution in [0.4, 0.5) is 0 Å². The molecule has 2 aliphatic carbocycles. The second-order valence-electron chi connectivity index (χ2n) is 8.87. The molecule has 0 aromatic heterocycles. The SMILES string of the molecule is CCC(C)(C)C1CCC(O)CC1N(C)C1CC(C)(C)C1. The van der Waals surface area contributed by atoms with Crippen molar-refractivity contribution < 1.29 is 5.11 Å². The van der Waals surface area contributed by atoms with Crippen LogP contribution in [-0.2, 0) is 0 Å². The number of hydrogen-bond acceptors (Lipinski definition) is 2. The fourth-order valence-corrected chi connectivity index (χ4v) is 4.52. The molecule has 2 aliphatic rings. The van der Waals surface area contributed by atoms with Gasteiger partial charge in [-0.2, -0.15) is 0 Å². The second-order valence-corrected chi connectivity index (χ2v) is 8.87. The lowest BCUT2D eigenvalue weighted by molar-refractivity contribution is -0.0600. The maximum atomic E-state index is 10.1. The molecular formula is C18H35NO. The van der Waals surface area contributed by atoms with E-state index in [1.807, 2.05) is 0 Å². The maximum Gasteiger partial charge on any atom is 0.0555 e. The van der Waals surface area contributed by atoms with Gasteiger partial charge >= 0.3 is 0 Å². The van der Waals surface area contributed by atoms with E-state index in [2.05, 4.69) is 46.6 Å². The van der Waals surface area contributed by atoms with E-state index < -0.39 is 0 Å². The highest BCUT2D eigenvalue weighted by atomic mass is 16.3. The van der Waals surface area contributed by atoms with Crippen molar-refractivity contribution in [3.63, 3.8) is 0 Å². The number of rotatable bonds is 4. The Bertz CT molecular complexity index is 328. The van der Waals surface area contributed by atoms with Gasteiger partial charge in [-0.25, -0.2) is 0 Å². The monoisotopic (exact) mass is 281 g/mol. The standard InChI is InChI=1S/C18H35NO/c1-7-18(4,5)15-9-8-14(20)10-16(15)19(6)13-11-17(2,3)12-13/h13-16,20H,7-12H2,1-6H3. The van der Waals surface area contributed by atoms with Gasteiger partial charge in [-0.3, -0.25) is 0 Å². The third-order valence-electron chi connectivity index (χ3n) is 6.38. The zero-order valence-electron chi connectivity index (χ0n) is 14.4. The van der Waals surface area contributed by atoms with E-state index in [0.29, 0.717) is 16.9 Å². The highest BCUT2D eigenvalue weighted by Gasteiger charge is 2.45. The predicted molar refractivity (Wildman–Crippen MR) is 85.8 cm³/mol. The molecule has 3 atom stereocenters. The second kappa shape index (κ2) is 5.61. The lowest BCUT2D eigenvalue weighted by Crippen LogP contribution is -2.56. The lowest BCUT2D eigenvalue weighted by Gasteiger charge is -2.54. The Kier molecular flexibility index (Phi) is 4.57. The van der Waals surface area contributed by atoms with E-state index >= 15 is 0 Å². The molecule has 2 heteroatoms. The topological polar surface area (TPSA) is 23.5 Å². The maximum absolute atomic E-state index is 10.1. The molecule has 2 rings (SSSR count). The van der Waals surface area contributed by atoms with Crippen LogP contribution in [0.15, 0.2) is 0 Å². The first-order valence-corrected chi connectivity index (χ1v) is 8.56. The van der Waals surface area contributed by atoms with E-state index in [1.54, 1.807) is 0 Å². The van der Waals surface area contributed by atoms with Crippen LogP contribution >= 0.6 is 0 Å². The van der Waals surface area contributed by atoms with Crippen molar-refractivity contribution in [3.8, 4) is 0 Å². The molecular weight excluding hydrogens is 246 g/mol. The molecule has 0 aliphatic heterocycles. The molecule has 20 heavy (non-hydrogen) atoms. The van der Waals surface area contributed by atoms with Crippen molar-refractivity contribution in [3.05, 3.63) is 0 Å². The van der Waals surface area contributed by atoms with E-state index in [1.165, 1.54) is 25.7 Å². The number of nitrogens with zero attached hydrogens (tertiary/aromatic N) is 1. The predicted octanol–water partition coefficient (Wildman–Crippen LogP) is 4.07. The smallest absolute Gasteiger partial charge is 0.0555 e. The average molecular weight is 281 g/mol. The molecule has 0 bridgehead atoms. The van der Waals surface area contributed by atoms with Gasteiger partial charge in [0.25, 0.3) is 0 Å². The van der Waals surface area contributed by atoms with Crippen LogP contribution in [0.5, 0.6) is 0 Å². The minimum atomic E-state index is -0.0838. The van der Waals surface area contributed by atoms with Crippen LogP contribution in [0.25, 0.3) is 0 Å². The third-order valence-corrected chi connectivity index (χ3v) is 6.38. The number of aliphatic hydroxyl groups excluding tert-OH is 1. The van der Waals surface area contributed by atoms with Crippen molar-refractivity contribution in [2.24, 2.45) is 16.7 Å². The first-order valence-electron chi connectivity index (χ1n) is 8.56. The zero-order valence-corrected chi connectivity index (χ0v) is 14.4. The first kappa shape index (κ1) is 16.3. The molecule has 2 fully saturated rings. The minimum Gasteiger partial charge on any atom is -0.393 e. The van der Waals surface area contributed by atoms with Gasteiger partial charge in [0.05, 0.1) is 6.10 Å². The summed E-state index contributed by atoms with van der Waals surface area (Å²) in [6.45, 7) is 11.9. The fourth-order valence-electron chi connectivity index (χ4n) is 4.52. The van der Waals surface area contributed by atoms with Gasteiger partial charge < -0.3 is 10.0 Å². The molecule has 0 spiro atoms. The van der Waals surface area contributed by atoms with Gasteiger partial charge in [-0.05, 0) is 55.9 Å². The van der Waals surface area contributed by atoms with Gasteiger partial charge in [0, 0.05) is 12.1 Å². The Labute approximate surface area is 125 Å². The van der Waals surface area contributed by atoms with Crippen molar-refractivity contribution in [1.29, 1.82) is 0 Å². The Morgan fingerprint density at radius 2 is 1.80 bits per heavy atom. The molecule has 0 saturated heterocycles. The minimum absolute atomic E-state index is 0.0838. The van der Waals surface area contributed by atoms with Crippen LogP contribution in [0.2, 0.25) is 0 Å². The van der Waals surface area contributed by atoms with Gasteiger partial charge in [-0.1, -0.05) is 41.0 Å². The van der Waals surface area contributed by atoms with Gasteiger partial charge in [-0.15, -0.1) is 0 Å². The zero-order chi connectivity index (χ0) is 15.1. The van der Waals surface area contributed by atoms with E-state index in [4.69, 9.17) is 0 Å². The number of aliphatic hydroxyl groups is 1. The van der Waals surface area contributed by atoms with Crippen LogP contribution in [-0.4, -0.2) is 35.2 Å². The van der Waals surface area contributed by atoms with Crippen molar-refractivity contribution in [2.45, 2.75) is 91.3 Å². The van der Waals surface area contributed by atoms with Gasteiger partial charge in [0.2, 0.25) is 0 Å². The van der Waals surface area contributed by atoms with Crippen LogP contribution in [0.1, 0.15) is 73.1 Å². The molecule has 2 saturated carbocycles. The molecule has 2 nitrogen and oxygen atoms in total. The number of hydrogen-bond donors (Lipinski definition) is 1. The largest absolute Gasteiger partial charge is 0.393 e. The van der Waals surface area contributed by atoms with E-state index in [0.717, 1.165) is 24.8 Å². The molecule has 0 aromatic rings. The third kappa shape index (κ3) is 3.22. The molecule has 0 aromatic carbocycles. The first-order chi connectivity index (χ1) is 9.16. The summed E-state index contributed by atoms with van der Waals surface area (Å²) in [5.74, 6) is 0.726. The van der Waals surface area contributed by atoms with Crippen LogP contribution in [0.3, 0.4) is 0 Å². The van der Waals surface area contributed by atoms with Crippen LogP contribution in [0, 0.1) is 16.7 Å². The highest BCUT2D eigenvalue weighted by Crippen LogP contribution is 2.47. The summed E-state index contributed by atoms with van der Waals surface area (Å²) < 4.78 is 0. The summed E-state index contributed by atoms with van der Waals surface area (Å²) >= 11 is 0. The Hall–Kier alpha value is -0.0800. The molecule has 0 amide bonds. The Balaban J connectivity index is 2.08. The lowest BCUT2D eigenvalue weighted by atomic mass is 9.63. The molecule has 3 unspecified atom stereocenters. The summed E-state index contributed by atoms with van der Waals surface area (Å²) in [5.41, 5.74) is 0.917. The van der Waals surface area contributed by atoms with E-state index in [-0.39, 0.29) is 6.10 Å². The Morgan fingerprint density at radius 1 is 1.20 bits per heavy atom. The van der Waals surface area contributed by atoms with Crippen molar-refractivity contribution in [1.82, 2.24) is 4.90 Å². The van der Waals surface area contributed by atoms with Crippen LogP contribution < -0.4 is 0 Å². The normalized spacial score (nSPS) is 35.1. The summed E-state index contributed by atoms with van der Waals surface area (Å²) in [7, 11) is 2.31. The summed E-state index contributed by atoms with van der Waals surface area (Å²) in [6, 6.07) is 1.30.